The molecule has 1 aromatic carbocycles. The third kappa shape index (κ3) is 3.44. The van der Waals surface area contributed by atoms with E-state index >= 15 is 0 Å². The number of hydrogen-bond acceptors (Lipinski definition) is 3. The van der Waals surface area contributed by atoms with Gasteiger partial charge in [-0.3, -0.25) is 4.79 Å². The Labute approximate surface area is 141 Å². The van der Waals surface area contributed by atoms with E-state index in [4.69, 9.17) is 5.11 Å². The molecule has 130 valence electrons. The number of aromatic amines is 1. The molecule has 0 unspecified atom stereocenters. The molecule has 0 radical (unpaired) electrons. The number of amides is 1. The van der Waals surface area contributed by atoms with Crippen LogP contribution in [-0.4, -0.2) is 65.1 Å². The third-order valence-electron chi connectivity index (χ3n) is 4.89. The van der Waals surface area contributed by atoms with Crippen LogP contribution in [0.5, 0.6) is 0 Å². The van der Waals surface area contributed by atoms with Crippen molar-refractivity contribution >= 4 is 16.8 Å². The summed E-state index contributed by atoms with van der Waals surface area (Å²) in [5, 5.41) is 9.38. The average molecular weight is 333 g/mol. The van der Waals surface area contributed by atoms with Crippen LogP contribution in [0, 0.1) is 5.82 Å². The maximum atomic E-state index is 13.8. The van der Waals surface area contributed by atoms with Crippen molar-refractivity contribution in [3.8, 4) is 0 Å². The maximum Gasteiger partial charge on any atom is 0.270 e. The van der Waals surface area contributed by atoms with Crippen LogP contribution in [0.1, 0.15) is 29.8 Å². The zero-order valence-corrected chi connectivity index (χ0v) is 14.0. The van der Waals surface area contributed by atoms with Gasteiger partial charge in [0.15, 0.2) is 0 Å². The number of aromatic nitrogens is 1. The Hall–Kier alpha value is -1.92. The number of rotatable bonds is 5. The van der Waals surface area contributed by atoms with E-state index in [0.29, 0.717) is 35.7 Å². The van der Waals surface area contributed by atoms with E-state index in [0.717, 1.165) is 25.8 Å². The Balaban J connectivity index is 1.63. The van der Waals surface area contributed by atoms with E-state index < -0.39 is 0 Å². The van der Waals surface area contributed by atoms with Crippen molar-refractivity contribution in [2.45, 2.75) is 25.3 Å². The van der Waals surface area contributed by atoms with Gasteiger partial charge in [0.2, 0.25) is 0 Å². The second kappa shape index (κ2) is 7.32. The topological polar surface area (TPSA) is 59.6 Å². The Morgan fingerprint density at radius 2 is 2.17 bits per heavy atom. The monoisotopic (exact) mass is 333 g/mol. The van der Waals surface area contributed by atoms with E-state index in [1.165, 1.54) is 6.07 Å². The number of halogens is 1. The molecule has 0 spiro atoms. The van der Waals surface area contributed by atoms with Gasteiger partial charge in [-0.25, -0.2) is 4.39 Å². The van der Waals surface area contributed by atoms with Gasteiger partial charge in [-0.2, -0.15) is 0 Å². The summed E-state index contributed by atoms with van der Waals surface area (Å²) in [6, 6.07) is 6.86. The lowest BCUT2D eigenvalue weighted by Gasteiger charge is -2.36. The summed E-state index contributed by atoms with van der Waals surface area (Å²) < 4.78 is 13.8. The predicted octanol–water partition coefficient (Wildman–Crippen LogP) is 2.23. The molecule has 0 bridgehead atoms. The van der Waals surface area contributed by atoms with Crippen molar-refractivity contribution in [1.82, 2.24) is 14.8 Å². The minimum absolute atomic E-state index is 0.0675. The number of nitrogens with zero attached hydrogens (tertiary/aromatic N) is 2. The summed E-state index contributed by atoms with van der Waals surface area (Å²) in [7, 11) is 2.07. The highest BCUT2D eigenvalue weighted by atomic mass is 19.1. The molecule has 0 atom stereocenters. The molecular formula is C18H24FN3O2. The van der Waals surface area contributed by atoms with Crippen LogP contribution in [0.2, 0.25) is 0 Å². The highest BCUT2D eigenvalue weighted by molar-refractivity contribution is 5.98. The maximum absolute atomic E-state index is 13.8. The molecule has 5 nitrogen and oxygen atoms in total. The van der Waals surface area contributed by atoms with Crippen LogP contribution in [0.4, 0.5) is 4.39 Å². The smallest absolute Gasteiger partial charge is 0.270 e. The predicted molar refractivity (Wildman–Crippen MR) is 91.5 cm³/mol. The van der Waals surface area contributed by atoms with Crippen LogP contribution >= 0.6 is 0 Å². The zero-order chi connectivity index (χ0) is 17.1. The fourth-order valence-electron chi connectivity index (χ4n) is 3.42. The number of aliphatic hydroxyl groups excluding tert-OH is 1. The minimum Gasteiger partial charge on any atom is -0.396 e. The Morgan fingerprint density at radius 3 is 2.83 bits per heavy atom. The van der Waals surface area contributed by atoms with Crippen molar-refractivity contribution in [3.05, 3.63) is 35.8 Å². The lowest BCUT2D eigenvalue weighted by Crippen LogP contribution is -2.45. The Bertz CT molecular complexity index is 707. The first-order valence-corrected chi connectivity index (χ1v) is 8.47. The first-order valence-electron chi connectivity index (χ1n) is 8.47. The van der Waals surface area contributed by atoms with E-state index in [1.807, 2.05) is 4.90 Å². The van der Waals surface area contributed by atoms with E-state index in [-0.39, 0.29) is 18.3 Å². The summed E-state index contributed by atoms with van der Waals surface area (Å²) in [6.07, 6.45) is 2.61. The SMILES string of the molecule is CN(CCCO)C1CCN(C(=O)c2cc3c(F)cccc3[nH]2)CC1. The number of fused-ring (bicyclic) bond motifs is 1. The summed E-state index contributed by atoms with van der Waals surface area (Å²) in [5.41, 5.74) is 1.10. The molecule has 2 aromatic rings. The number of carbonyl (C=O) groups excluding carboxylic acids is 1. The molecule has 3 rings (SSSR count). The molecule has 1 saturated heterocycles. The lowest BCUT2D eigenvalue weighted by molar-refractivity contribution is 0.0636. The molecule has 2 N–H and O–H groups in total. The highest BCUT2D eigenvalue weighted by Crippen LogP contribution is 2.22. The number of nitrogens with one attached hydrogen (secondary N) is 1. The van der Waals surface area contributed by atoms with Crippen LogP contribution in [0.3, 0.4) is 0 Å². The molecule has 1 aliphatic heterocycles. The normalized spacial score (nSPS) is 16.2. The van der Waals surface area contributed by atoms with Crippen LogP contribution in [-0.2, 0) is 0 Å². The summed E-state index contributed by atoms with van der Waals surface area (Å²) in [6.45, 7) is 2.48. The first-order chi connectivity index (χ1) is 11.6. The second-order valence-electron chi connectivity index (χ2n) is 6.47. The Morgan fingerprint density at radius 1 is 1.42 bits per heavy atom. The number of carbonyl (C=O) groups is 1. The van der Waals surface area contributed by atoms with Gasteiger partial charge in [0.1, 0.15) is 11.5 Å². The first kappa shape index (κ1) is 16.9. The summed E-state index contributed by atoms with van der Waals surface area (Å²) in [5.74, 6) is -0.380. The number of aliphatic hydroxyl groups is 1. The van der Waals surface area contributed by atoms with E-state index in [1.54, 1.807) is 18.2 Å². The van der Waals surface area contributed by atoms with E-state index in [9.17, 15) is 9.18 Å². The van der Waals surface area contributed by atoms with Crippen molar-refractivity contribution < 1.29 is 14.3 Å². The number of likely N-dealkylation sites (tertiary alicyclic amines) is 1. The Kier molecular flexibility index (Phi) is 5.16. The van der Waals surface area contributed by atoms with Gasteiger partial charge in [0, 0.05) is 43.2 Å². The van der Waals surface area contributed by atoms with Crippen LogP contribution < -0.4 is 0 Å². The fourth-order valence-corrected chi connectivity index (χ4v) is 3.42. The molecule has 1 amide bonds. The van der Waals surface area contributed by atoms with Gasteiger partial charge in [-0.15, -0.1) is 0 Å². The minimum atomic E-state index is -0.313. The molecule has 0 aliphatic carbocycles. The van der Waals surface area contributed by atoms with Crippen molar-refractivity contribution in [2.24, 2.45) is 0 Å². The number of benzene rings is 1. The summed E-state index contributed by atoms with van der Waals surface area (Å²) >= 11 is 0. The molecule has 1 aromatic heterocycles. The van der Waals surface area contributed by atoms with Crippen molar-refractivity contribution in [2.75, 3.05) is 33.3 Å². The number of piperidine rings is 1. The molecular weight excluding hydrogens is 309 g/mol. The van der Waals surface area contributed by atoms with Crippen molar-refractivity contribution in [3.63, 3.8) is 0 Å². The fraction of sp³-hybridized carbons (Fsp3) is 0.500. The van der Waals surface area contributed by atoms with Gasteiger partial charge in [-0.1, -0.05) is 6.07 Å². The van der Waals surface area contributed by atoms with Crippen LogP contribution in [0.15, 0.2) is 24.3 Å². The average Bonchev–Trinajstić information content (AvgIpc) is 3.05. The largest absolute Gasteiger partial charge is 0.396 e. The van der Waals surface area contributed by atoms with Gasteiger partial charge < -0.3 is 19.9 Å². The quantitative estimate of drug-likeness (QED) is 0.882. The molecule has 24 heavy (non-hydrogen) atoms. The zero-order valence-electron chi connectivity index (χ0n) is 14.0. The lowest BCUT2D eigenvalue weighted by atomic mass is 10.0. The molecule has 1 aliphatic rings. The number of hydrogen-bond donors (Lipinski definition) is 2. The van der Waals surface area contributed by atoms with Crippen molar-refractivity contribution in [1.29, 1.82) is 0 Å². The molecule has 2 heterocycles. The van der Waals surface area contributed by atoms with Gasteiger partial charge in [0.25, 0.3) is 5.91 Å². The van der Waals surface area contributed by atoms with Crippen LogP contribution in [0.25, 0.3) is 10.9 Å². The second-order valence-corrected chi connectivity index (χ2v) is 6.47. The summed E-state index contributed by atoms with van der Waals surface area (Å²) in [4.78, 5) is 19.8. The standard InChI is InChI=1S/C18H24FN3O2/c1-21(8-3-11-23)13-6-9-22(10-7-13)18(24)17-12-14-15(19)4-2-5-16(14)20-17/h2,4-5,12-13,20,23H,3,6-11H2,1H3. The van der Waals surface area contributed by atoms with Gasteiger partial charge in [-0.05, 0) is 44.5 Å². The van der Waals surface area contributed by atoms with Gasteiger partial charge >= 0.3 is 0 Å². The molecule has 1 fully saturated rings. The molecule has 0 saturated carbocycles. The third-order valence-corrected chi connectivity index (χ3v) is 4.89. The number of H-pyrrole nitrogens is 1. The van der Waals surface area contributed by atoms with Gasteiger partial charge in [0.05, 0.1) is 0 Å². The van der Waals surface area contributed by atoms with E-state index in [2.05, 4.69) is 16.9 Å². The molecule has 6 heteroatoms. The highest BCUT2D eigenvalue weighted by Gasteiger charge is 2.26.